The first kappa shape index (κ1) is 19.8. The minimum Gasteiger partial charge on any atom is -0.465 e. The molecule has 0 spiro atoms. The number of rotatable bonds is 6. The van der Waals surface area contributed by atoms with Gasteiger partial charge in [0, 0.05) is 18.0 Å². The Hall–Kier alpha value is -1.93. The standard InChI is InChI=1S/C19H27N3O4S/c1-5-26-15(23)11-22-17(24)16-13-7-6-12(2)10-14(13)27-18(16)21(19(22)25)9-8-20(3)4/h12H,5-11H2,1-4H3/t12-/m1/s1. The third kappa shape index (κ3) is 3.87. The van der Waals surface area contributed by atoms with E-state index in [1.54, 1.807) is 22.8 Å². The van der Waals surface area contributed by atoms with Crippen molar-refractivity contribution in [3.63, 3.8) is 0 Å². The lowest BCUT2D eigenvalue weighted by molar-refractivity contribution is -0.143. The summed E-state index contributed by atoms with van der Waals surface area (Å²) in [7, 11) is 3.88. The van der Waals surface area contributed by atoms with E-state index in [-0.39, 0.29) is 18.7 Å². The molecule has 1 aliphatic rings. The third-order valence-corrected chi connectivity index (χ3v) is 6.30. The zero-order chi connectivity index (χ0) is 19.7. The van der Waals surface area contributed by atoms with Gasteiger partial charge in [-0.15, -0.1) is 11.3 Å². The van der Waals surface area contributed by atoms with Gasteiger partial charge < -0.3 is 9.64 Å². The van der Waals surface area contributed by atoms with Crippen molar-refractivity contribution in [2.24, 2.45) is 5.92 Å². The molecule has 0 amide bonds. The summed E-state index contributed by atoms with van der Waals surface area (Å²) >= 11 is 1.56. The summed E-state index contributed by atoms with van der Waals surface area (Å²) in [6.45, 7) is 4.94. The van der Waals surface area contributed by atoms with Gasteiger partial charge in [-0.1, -0.05) is 6.92 Å². The SMILES string of the molecule is CCOC(=O)Cn1c(=O)c2c3c(sc2n(CCN(C)C)c1=O)C[C@H](C)CC3. The molecule has 2 heterocycles. The number of aryl methyl sites for hydroxylation is 1. The molecule has 27 heavy (non-hydrogen) atoms. The highest BCUT2D eigenvalue weighted by Crippen LogP contribution is 2.36. The van der Waals surface area contributed by atoms with E-state index in [1.165, 1.54) is 4.88 Å². The van der Waals surface area contributed by atoms with E-state index in [4.69, 9.17) is 4.74 Å². The Balaban J connectivity index is 2.21. The first-order chi connectivity index (χ1) is 12.8. The van der Waals surface area contributed by atoms with Gasteiger partial charge in [-0.25, -0.2) is 9.36 Å². The smallest absolute Gasteiger partial charge is 0.332 e. The summed E-state index contributed by atoms with van der Waals surface area (Å²) in [6.07, 6.45) is 2.82. The number of carbonyl (C=O) groups excluding carboxylic acids is 1. The first-order valence-electron chi connectivity index (χ1n) is 9.41. The summed E-state index contributed by atoms with van der Waals surface area (Å²) < 4.78 is 7.66. The molecule has 0 N–H and O–H groups in total. The molecule has 1 aliphatic carbocycles. The number of nitrogens with zero attached hydrogens (tertiary/aromatic N) is 3. The third-order valence-electron chi connectivity index (χ3n) is 5.02. The molecule has 0 aromatic carbocycles. The molecule has 0 saturated heterocycles. The van der Waals surface area contributed by atoms with Crippen molar-refractivity contribution in [1.82, 2.24) is 14.0 Å². The second-order valence-electron chi connectivity index (χ2n) is 7.47. The highest BCUT2D eigenvalue weighted by atomic mass is 32.1. The maximum atomic E-state index is 13.1. The van der Waals surface area contributed by atoms with Gasteiger partial charge in [0.25, 0.3) is 5.56 Å². The van der Waals surface area contributed by atoms with Gasteiger partial charge in [-0.05, 0) is 51.8 Å². The Bertz CT molecular complexity index is 970. The van der Waals surface area contributed by atoms with Crippen LogP contribution in [-0.2, 0) is 35.5 Å². The Morgan fingerprint density at radius 3 is 2.70 bits per heavy atom. The van der Waals surface area contributed by atoms with Crippen LogP contribution >= 0.6 is 11.3 Å². The zero-order valence-corrected chi connectivity index (χ0v) is 17.2. The second kappa shape index (κ2) is 7.98. The number of hydrogen-bond acceptors (Lipinski definition) is 6. The Kier molecular flexibility index (Phi) is 5.86. The average molecular weight is 394 g/mol. The number of carbonyl (C=O) groups is 1. The predicted molar refractivity (Wildman–Crippen MR) is 107 cm³/mol. The van der Waals surface area contributed by atoms with Gasteiger partial charge in [0.2, 0.25) is 0 Å². The minimum atomic E-state index is -0.562. The van der Waals surface area contributed by atoms with E-state index in [1.807, 2.05) is 19.0 Å². The number of aromatic nitrogens is 2. The van der Waals surface area contributed by atoms with E-state index in [9.17, 15) is 14.4 Å². The van der Waals surface area contributed by atoms with E-state index in [0.717, 1.165) is 34.2 Å². The molecule has 0 saturated carbocycles. The highest BCUT2D eigenvalue weighted by Gasteiger charge is 2.26. The molecule has 1 atom stereocenters. The van der Waals surface area contributed by atoms with Gasteiger partial charge in [0.1, 0.15) is 11.4 Å². The quantitative estimate of drug-likeness (QED) is 0.695. The molecule has 2 aromatic heterocycles. The van der Waals surface area contributed by atoms with Gasteiger partial charge in [0.05, 0.1) is 12.0 Å². The fraction of sp³-hybridized carbons (Fsp3) is 0.632. The average Bonchev–Trinajstić information content (AvgIpc) is 2.96. The van der Waals surface area contributed by atoms with Crippen LogP contribution in [0.2, 0.25) is 0 Å². The monoisotopic (exact) mass is 393 g/mol. The van der Waals surface area contributed by atoms with Crippen molar-refractivity contribution >= 4 is 27.5 Å². The summed E-state index contributed by atoms with van der Waals surface area (Å²) in [6, 6.07) is 0. The highest BCUT2D eigenvalue weighted by molar-refractivity contribution is 7.18. The number of thiophene rings is 1. The number of ether oxygens (including phenoxy) is 1. The van der Waals surface area contributed by atoms with Crippen molar-refractivity contribution in [2.75, 3.05) is 27.2 Å². The molecule has 0 unspecified atom stereocenters. The number of likely N-dealkylation sites (N-methyl/N-ethyl adjacent to an activating group) is 1. The minimum absolute atomic E-state index is 0.219. The van der Waals surface area contributed by atoms with Crippen molar-refractivity contribution in [3.05, 3.63) is 31.3 Å². The van der Waals surface area contributed by atoms with Gasteiger partial charge in [-0.2, -0.15) is 0 Å². The van der Waals surface area contributed by atoms with Gasteiger partial charge in [0.15, 0.2) is 0 Å². The lowest BCUT2D eigenvalue weighted by Gasteiger charge is -2.17. The largest absolute Gasteiger partial charge is 0.465 e. The molecule has 2 aromatic rings. The second-order valence-corrected chi connectivity index (χ2v) is 8.55. The van der Waals surface area contributed by atoms with E-state index >= 15 is 0 Å². The summed E-state index contributed by atoms with van der Waals surface area (Å²) in [5.74, 6) is 0.0159. The summed E-state index contributed by atoms with van der Waals surface area (Å²) in [5, 5.41) is 0.615. The Morgan fingerprint density at radius 1 is 1.30 bits per heavy atom. The molecule has 0 aliphatic heterocycles. The maximum Gasteiger partial charge on any atom is 0.332 e. The maximum absolute atomic E-state index is 13.1. The number of esters is 1. The topological polar surface area (TPSA) is 73.5 Å². The fourth-order valence-electron chi connectivity index (χ4n) is 3.57. The van der Waals surface area contributed by atoms with Crippen LogP contribution in [0.15, 0.2) is 9.59 Å². The van der Waals surface area contributed by atoms with E-state index < -0.39 is 11.7 Å². The normalized spacial score (nSPS) is 16.7. The summed E-state index contributed by atoms with van der Waals surface area (Å²) in [4.78, 5) is 42.1. The van der Waals surface area contributed by atoms with Crippen LogP contribution < -0.4 is 11.2 Å². The molecule has 3 rings (SSSR count). The van der Waals surface area contributed by atoms with Gasteiger partial charge >= 0.3 is 11.7 Å². The molecule has 0 bridgehead atoms. The molecular weight excluding hydrogens is 366 g/mol. The zero-order valence-electron chi connectivity index (χ0n) is 16.4. The van der Waals surface area contributed by atoms with Crippen LogP contribution in [0.25, 0.3) is 10.2 Å². The van der Waals surface area contributed by atoms with Crippen LogP contribution in [-0.4, -0.2) is 47.3 Å². The Labute approximate surface area is 162 Å². The first-order valence-corrected chi connectivity index (χ1v) is 10.2. The molecule has 0 fully saturated rings. The lowest BCUT2D eigenvalue weighted by Crippen LogP contribution is -2.42. The predicted octanol–water partition coefficient (Wildman–Crippen LogP) is 1.47. The summed E-state index contributed by atoms with van der Waals surface area (Å²) in [5.41, 5.74) is 0.263. The lowest BCUT2D eigenvalue weighted by atomic mass is 9.89. The number of fused-ring (bicyclic) bond motifs is 3. The Morgan fingerprint density at radius 2 is 2.04 bits per heavy atom. The van der Waals surface area contributed by atoms with Crippen molar-refractivity contribution in [3.8, 4) is 0 Å². The van der Waals surface area contributed by atoms with Crippen LogP contribution in [0.5, 0.6) is 0 Å². The fourth-order valence-corrected chi connectivity index (χ4v) is 5.09. The van der Waals surface area contributed by atoms with Crippen LogP contribution in [0.1, 0.15) is 30.7 Å². The van der Waals surface area contributed by atoms with Crippen molar-refractivity contribution in [2.45, 2.75) is 46.2 Å². The van der Waals surface area contributed by atoms with E-state index in [0.29, 0.717) is 24.4 Å². The van der Waals surface area contributed by atoms with Crippen LogP contribution in [0.4, 0.5) is 0 Å². The molecule has 7 nitrogen and oxygen atoms in total. The van der Waals surface area contributed by atoms with Gasteiger partial charge in [-0.3, -0.25) is 14.2 Å². The number of hydrogen-bond donors (Lipinski definition) is 0. The van der Waals surface area contributed by atoms with Crippen molar-refractivity contribution < 1.29 is 9.53 Å². The molecule has 148 valence electrons. The van der Waals surface area contributed by atoms with Crippen LogP contribution in [0, 0.1) is 5.92 Å². The van der Waals surface area contributed by atoms with E-state index in [2.05, 4.69) is 6.92 Å². The molecule has 0 radical (unpaired) electrons. The van der Waals surface area contributed by atoms with Crippen LogP contribution in [0.3, 0.4) is 0 Å². The molecular formula is C19H27N3O4S. The van der Waals surface area contributed by atoms with Crippen molar-refractivity contribution in [1.29, 1.82) is 0 Å². The molecule has 8 heteroatoms.